The Balaban J connectivity index is 1.54. The van der Waals surface area contributed by atoms with Gasteiger partial charge in [-0.3, -0.25) is 0 Å². The Hall–Kier alpha value is -3.21. The minimum absolute atomic E-state index is 0.388. The van der Waals surface area contributed by atoms with Crippen molar-refractivity contribution in [3.63, 3.8) is 0 Å². The third-order valence-corrected chi connectivity index (χ3v) is 3.53. The molecule has 5 nitrogen and oxygen atoms in total. The van der Waals surface area contributed by atoms with Crippen molar-refractivity contribution in [3.8, 4) is 11.6 Å². The predicted octanol–water partition coefficient (Wildman–Crippen LogP) is 3.90. The number of aromatic nitrogens is 3. The minimum Gasteiger partial charge on any atom is -0.402 e. The Morgan fingerprint density at radius 2 is 1.65 bits per heavy atom. The van der Waals surface area contributed by atoms with Crippen molar-refractivity contribution < 1.29 is 4.42 Å². The zero-order valence-corrected chi connectivity index (χ0v) is 12.3. The first-order chi connectivity index (χ1) is 11.4. The van der Waals surface area contributed by atoms with E-state index in [1.54, 1.807) is 0 Å². The summed E-state index contributed by atoms with van der Waals surface area (Å²) in [6.07, 6.45) is 0. The topological polar surface area (TPSA) is 63.8 Å². The maximum absolute atomic E-state index is 5.64. The van der Waals surface area contributed by atoms with Gasteiger partial charge >= 0.3 is 6.01 Å². The van der Waals surface area contributed by atoms with Crippen LogP contribution in [0.1, 0.15) is 5.56 Å². The molecule has 0 unspecified atom stereocenters. The van der Waals surface area contributed by atoms with Crippen LogP contribution >= 0.6 is 0 Å². The van der Waals surface area contributed by atoms with Gasteiger partial charge in [-0.2, -0.15) is 0 Å². The van der Waals surface area contributed by atoms with Crippen LogP contribution in [0.4, 0.5) is 6.01 Å². The number of benzene rings is 2. The van der Waals surface area contributed by atoms with Gasteiger partial charge in [0.05, 0.1) is 5.52 Å². The maximum Gasteiger partial charge on any atom is 0.316 e. The summed E-state index contributed by atoms with van der Waals surface area (Å²) in [5.41, 5.74) is 2.72. The molecule has 0 amide bonds. The van der Waals surface area contributed by atoms with E-state index in [1.165, 1.54) is 0 Å². The smallest absolute Gasteiger partial charge is 0.316 e. The van der Waals surface area contributed by atoms with Gasteiger partial charge in [-0.15, -0.1) is 5.10 Å². The number of rotatable bonds is 4. The molecule has 0 aliphatic heterocycles. The fourth-order valence-electron chi connectivity index (χ4n) is 2.36. The monoisotopic (exact) mass is 302 g/mol. The van der Waals surface area contributed by atoms with Crippen molar-refractivity contribution in [2.75, 3.05) is 5.32 Å². The first-order valence-corrected chi connectivity index (χ1v) is 7.36. The molecule has 2 aromatic carbocycles. The summed E-state index contributed by atoms with van der Waals surface area (Å²) in [4.78, 5) is 4.55. The molecule has 4 rings (SSSR count). The fraction of sp³-hybridized carbons (Fsp3) is 0.0556. The summed E-state index contributed by atoms with van der Waals surface area (Å²) in [7, 11) is 0. The average Bonchev–Trinajstić information content (AvgIpc) is 3.09. The van der Waals surface area contributed by atoms with Gasteiger partial charge in [0.15, 0.2) is 0 Å². The highest BCUT2D eigenvalue weighted by Gasteiger charge is 2.10. The molecule has 4 aromatic rings. The molecule has 0 saturated carbocycles. The molecule has 0 fully saturated rings. The SMILES string of the molecule is c1ccc(CNc2nnc(-c3ccc4ccccc4n3)o2)cc1. The molecular formula is C18H14N4O. The lowest BCUT2D eigenvalue weighted by atomic mass is 10.2. The van der Waals surface area contributed by atoms with E-state index in [9.17, 15) is 0 Å². The molecule has 2 aromatic heterocycles. The molecular weight excluding hydrogens is 288 g/mol. The summed E-state index contributed by atoms with van der Waals surface area (Å²) >= 11 is 0. The largest absolute Gasteiger partial charge is 0.402 e. The highest BCUT2D eigenvalue weighted by atomic mass is 16.4. The van der Waals surface area contributed by atoms with Gasteiger partial charge in [0, 0.05) is 11.9 Å². The molecule has 2 heterocycles. The molecule has 1 N–H and O–H groups in total. The average molecular weight is 302 g/mol. The lowest BCUT2D eigenvalue weighted by molar-refractivity contribution is 0.579. The van der Waals surface area contributed by atoms with Crippen LogP contribution in [-0.4, -0.2) is 15.2 Å². The van der Waals surface area contributed by atoms with Crippen LogP contribution in [0, 0.1) is 0 Å². The minimum atomic E-state index is 0.388. The normalized spacial score (nSPS) is 10.8. The number of nitrogens with one attached hydrogen (secondary N) is 1. The Labute approximate surface area is 133 Å². The Kier molecular flexibility index (Phi) is 3.44. The lowest BCUT2D eigenvalue weighted by Gasteiger charge is -2.01. The van der Waals surface area contributed by atoms with Crippen LogP contribution in [0.3, 0.4) is 0 Å². The quantitative estimate of drug-likeness (QED) is 0.619. The Bertz CT molecular complexity index is 934. The zero-order chi connectivity index (χ0) is 15.5. The first-order valence-electron chi connectivity index (χ1n) is 7.36. The maximum atomic E-state index is 5.64. The van der Waals surface area contributed by atoms with E-state index in [1.807, 2.05) is 66.7 Å². The second-order valence-corrected chi connectivity index (χ2v) is 5.14. The highest BCUT2D eigenvalue weighted by Crippen LogP contribution is 2.21. The third-order valence-electron chi connectivity index (χ3n) is 3.53. The van der Waals surface area contributed by atoms with Gasteiger partial charge in [-0.05, 0) is 17.7 Å². The van der Waals surface area contributed by atoms with Gasteiger partial charge in [0.2, 0.25) is 0 Å². The van der Waals surface area contributed by atoms with Crippen molar-refractivity contribution in [1.29, 1.82) is 0 Å². The van der Waals surface area contributed by atoms with Gasteiger partial charge < -0.3 is 9.73 Å². The Morgan fingerprint density at radius 1 is 0.826 bits per heavy atom. The number of nitrogens with zero attached hydrogens (tertiary/aromatic N) is 3. The molecule has 0 aliphatic carbocycles. The summed E-state index contributed by atoms with van der Waals surface area (Å²) in [6, 6.07) is 22.3. The van der Waals surface area contributed by atoms with Gasteiger partial charge in [0.25, 0.3) is 5.89 Å². The molecule has 0 saturated heterocycles. The summed E-state index contributed by atoms with van der Waals surface area (Å²) in [5.74, 6) is 0.409. The molecule has 0 aliphatic rings. The second-order valence-electron chi connectivity index (χ2n) is 5.14. The lowest BCUT2D eigenvalue weighted by Crippen LogP contribution is -1.98. The van der Waals surface area contributed by atoms with Gasteiger partial charge in [-0.1, -0.05) is 59.7 Å². The van der Waals surface area contributed by atoms with E-state index in [0.717, 1.165) is 16.5 Å². The summed E-state index contributed by atoms with van der Waals surface area (Å²) in [6.45, 7) is 0.633. The summed E-state index contributed by atoms with van der Waals surface area (Å²) in [5, 5.41) is 12.3. The van der Waals surface area contributed by atoms with Crippen molar-refractivity contribution in [1.82, 2.24) is 15.2 Å². The molecule has 0 radical (unpaired) electrons. The van der Waals surface area contributed by atoms with Gasteiger partial charge in [-0.25, -0.2) is 4.98 Å². The number of para-hydroxylation sites is 1. The first kappa shape index (κ1) is 13.5. The van der Waals surface area contributed by atoms with Crippen LogP contribution in [0.25, 0.3) is 22.5 Å². The Morgan fingerprint density at radius 3 is 2.57 bits per heavy atom. The molecule has 5 heteroatoms. The zero-order valence-electron chi connectivity index (χ0n) is 12.3. The van der Waals surface area contributed by atoms with Crippen molar-refractivity contribution in [2.45, 2.75) is 6.54 Å². The van der Waals surface area contributed by atoms with Crippen LogP contribution in [0.15, 0.2) is 71.1 Å². The molecule has 0 spiro atoms. The molecule has 0 bridgehead atoms. The third kappa shape index (κ3) is 2.89. The van der Waals surface area contributed by atoms with Crippen molar-refractivity contribution in [3.05, 3.63) is 72.3 Å². The van der Waals surface area contributed by atoms with Crippen molar-refractivity contribution in [2.24, 2.45) is 0 Å². The number of hydrogen-bond donors (Lipinski definition) is 1. The molecule has 23 heavy (non-hydrogen) atoms. The molecule has 112 valence electrons. The van der Waals surface area contributed by atoms with E-state index in [-0.39, 0.29) is 0 Å². The second kappa shape index (κ2) is 5.88. The van der Waals surface area contributed by atoms with E-state index in [2.05, 4.69) is 20.5 Å². The number of anilines is 1. The van der Waals surface area contributed by atoms with E-state index < -0.39 is 0 Å². The standard InChI is InChI=1S/C18H14N4O/c1-2-6-13(7-3-1)12-19-18-22-21-17(23-18)16-11-10-14-8-4-5-9-15(14)20-16/h1-11H,12H2,(H,19,22). The highest BCUT2D eigenvalue weighted by molar-refractivity contribution is 5.80. The fourth-order valence-corrected chi connectivity index (χ4v) is 2.36. The van der Waals surface area contributed by atoms with Crippen LogP contribution in [-0.2, 0) is 6.54 Å². The predicted molar refractivity (Wildman–Crippen MR) is 88.8 cm³/mol. The number of pyridine rings is 1. The van der Waals surface area contributed by atoms with E-state index >= 15 is 0 Å². The van der Waals surface area contributed by atoms with Crippen LogP contribution in [0.2, 0.25) is 0 Å². The van der Waals surface area contributed by atoms with E-state index in [4.69, 9.17) is 4.42 Å². The van der Waals surface area contributed by atoms with Crippen LogP contribution in [0.5, 0.6) is 0 Å². The van der Waals surface area contributed by atoms with E-state index in [0.29, 0.717) is 24.1 Å². The van der Waals surface area contributed by atoms with Crippen molar-refractivity contribution >= 4 is 16.9 Å². The van der Waals surface area contributed by atoms with Crippen LogP contribution < -0.4 is 5.32 Å². The number of fused-ring (bicyclic) bond motifs is 1. The summed E-state index contributed by atoms with van der Waals surface area (Å²) < 4.78 is 5.64. The number of hydrogen-bond acceptors (Lipinski definition) is 5. The molecule has 0 atom stereocenters. The van der Waals surface area contributed by atoms with Gasteiger partial charge in [0.1, 0.15) is 5.69 Å².